The first kappa shape index (κ1) is 23.0. The van der Waals surface area contributed by atoms with Crippen molar-refractivity contribution >= 4 is 33.4 Å². The summed E-state index contributed by atoms with van der Waals surface area (Å²) in [5.74, 6) is -0.853. The smallest absolute Gasteiger partial charge is 0.295 e. The molecule has 0 bridgehead atoms. The number of ether oxygens (including phenoxy) is 2. The summed E-state index contributed by atoms with van der Waals surface area (Å²) in [5.41, 5.74) is 1.27. The molecule has 1 heterocycles. The number of aliphatic hydroxyl groups excluding tert-OH is 1. The van der Waals surface area contributed by atoms with E-state index < -0.39 is 17.7 Å². The normalized spacial score (nSPS) is 18.1. The predicted molar refractivity (Wildman–Crippen MR) is 122 cm³/mol. The summed E-state index contributed by atoms with van der Waals surface area (Å²) in [5, 5.41) is 11.1. The van der Waals surface area contributed by atoms with Crippen LogP contribution in [0.5, 0.6) is 5.75 Å². The molecule has 6 nitrogen and oxygen atoms in total. The molecule has 31 heavy (non-hydrogen) atoms. The third-order valence-electron chi connectivity index (χ3n) is 4.95. The molecule has 1 unspecified atom stereocenters. The zero-order chi connectivity index (χ0) is 22.5. The summed E-state index contributed by atoms with van der Waals surface area (Å²) in [6.07, 6.45) is 0.600. The van der Waals surface area contributed by atoms with Crippen molar-refractivity contribution in [2.45, 2.75) is 32.4 Å². The van der Waals surface area contributed by atoms with Gasteiger partial charge in [0, 0.05) is 30.3 Å². The van der Waals surface area contributed by atoms with Gasteiger partial charge in [0.25, 0.3) is 11.7 Å². The first-order valence-corrected chi connectivity index (χ1v) is 10.9. The van der Waals surface area contributed by atoms with Crippen molar-refractivity contribution in [2.75, 3.05) is 20.3 Å². The Kier molecular flexibility index (Phi) is 7.51. The Bertz CT molecular complexity index is 984. The second-order valence-corrected chi connectivity index (χ2v) is 8.50. The molecule has 0 spiro atoms. The van der Waals surface area contributed by atoms with Gasteiger partial charge in [-0.3, -0.25) is 9.59 Å². The molecule has 1 N–H and O–H groups in total. The van der Waals surface area contributed by atoms with Crippen LogP contribution < -0.4 is 4.74 Å². The lowest BCUT2D eigenvalue weighted by Gasteiger charge is -2.25. The number of hydrogen-bond donors (Lipinski definition) is 1. The Morgan fingerprint density at radius 3 is 2.48 bits per heavy atom. The topological polar surface area (TPSA) is 76.1 Å². The molecule has 164 valence electrons. The Hall–Kier alpha value is -2.64. The predicted octanol–water partition coefficient (Wildman–Crippen LogP) is 4.69. The van der Waals surface area contributed by atoms with Crippen molar-refractivity contribution in [3.63, 3.8) is 0 Å². The van der Waals surface area contributed by atoms with E-state index >= 15 is 0 Å². The van der Waals surface area contributed by atoms with Crippen molar-refractivity contribution in [1.82, 2.24) is 4.90 Å². The van der Waals surface area contributed by atoms with Crippen LogP contribution in [-0.2, 0) is 14.3 Å². The van der Waals surface area contributed by atoms with E-state index in [1.807, 2.05) is 38.1 Å². The van der Waals surface area contributed by atoms with Crippen LogP contribution in [0.1, 0.15) is 37.4 Å². The van der Waals surface area contributed by atoms with Crippen LogP contribution in [-0.4, -0.2) is 48.1 Å². The van der Waals surface area contributed by atoms with Gasteiger partial charge in [0.2, 0.25) is 0 Å². The molecular formula is C24H26BrNO5. The maximum Gasteiger partial charge on any atom is 0.295 e. The molecule has 0 aliphatic carbocycles. The minimum Gasteiger partial charge on any atom is -0.507 e. The lowest BCUT2D eigenvalue weighted by atomic mass is 9.95. The number of likely N-dealkylation sites (tertiary alicyclic amines) is 1. The molecule has 0 radical (unpaired) electrons. The van der Waals surface area contributed by atoms with E-state index in [0.717, 1.165) is 10.0 Å². The van der Waals surface area contributed by atoms with Gasteiger partial charge in [-0.2, -0.15) is 0 Å². The van der Waals surface area contributed by atoms with E-state index in [1.165, 1.54) is 4.90 Å². The van der Waals surface area contributed by atoms with Gasteiger partial charge in [0.1, 0.15) is 11.5 Å². The fourth-order valence-corrected chi connectivity index (χ4v) is 4.05. The van der Waals surface area contributed by atoms with Crippen LogP contribution in [0.25, 0.3) is 5.76 Å². The highest BCUT2D eigenvalue weighted by molar-refractivity contribution is 9.10. The molecule has 1 aliphatic rings. The number of carbonyl (C=O) groups is 2. The third kappa shape index (κ3) is 5.17. The summed E-state index contributed by atoms with van der Waals surface area (Å²) in [6, 6.07) is 13.6. The number of methoxy groups -OCH3 is 1. The van der Waals surface area contributed by atoms with Crippen LogP contribution in [0, 0.1) is 0 Å². The quantitative estimate of drug-likeness (QED) is 0.253. The van der Waals surface area contributed by atoms with Crippen LogP contribution in [0.3, 0.4) is 0 Å². The van der Waals surface area contributed by atoms with E-state index in [9.17, 15) is 14.7 Å². The number of carbonyl (C=O) groups excluding carboxylic acids is 2. The van der Waals surface area contributed by atoms with Crippen LogP contribution in [0.2, 0.25) is 0 Å². The molecule has 0 aromatic heterocycles. The summed E-state index contributed by atoms with van der Waals surface area (Å²) < 4.78 is 11.6. The lowest BCUT2D eigenvalue weighted by molar-refractivity contribution is -0.140. The maximum atomic E-state index is 13.0. The molecule has 0 saturated carbocycles. The number of amides is 1. The standard InChI is InChI=1S/C24H26BrNO5/c1-15(2)31-19-10-8-16(9-11-19)22(27)20-21(17-6-4-7-18(25)14-17)26(12-5-13-30-3)24(29)23(20)28/h4,6-11,14-15,21,27H,5,12-13H2,1-3H3/b22-20+. The molecule has 1 fully saturated rings. The molecule has 1 atom stereocenters. The first-order valence-electron chi connectivity index (χ1n) is 10.1. The molecule has 1 amide bonds. The van der Waals surface area contributed by atoms with Gasteiger partial charge in [-0.1, -0.05) is 28.1 Å². The van der Waals surface area contributed by atoms with Crippen molar-refractivity contribution in [2.24, 2.45) is 0 Å². The third-order valence-corrected chi connectivity index (χ3v) is 5.44. The largest absolute Gasteiger partial charge is 0.507 e. The minimum atomic E-state index is -0.692. The lowest BCUT2D eigenvalue weighted by Crippen LogP contribution is -2.31. The van der Waals surface area contributed by atoms with Crippen molar-refractivity contribution in [3.05, 3.63) is 69.7 Å². The number of rotatable bonds is 8. The van der Waals surface area contributed by atoms with Gasteiger partial charge in [-0.15, -0.1) is 0 Å². The van der Waals surface area contributed by atoms with E-state index in [1.54, 1.807) is 31.4 Å². The van der Waals surface area contributed by atoms with Crippen molar-refractivity contribution in [3.8, 4) is 5.75 Å². The highest BCUT2D eigenvalue weighted by atomic mass is 79.9. The van der Waals surface area contributed by atoms with Gasteiger partial charge in [-0.05, 0) is 62.2 Å². The summed E-state index contributed by atoms with van der Waals surface area (Å²) in [4.78, 5) is 27.3. The highest BCUT2D eigenvalue weighted by Crippen LogP contribution is 2.40. The van der Waals surface area contributed by atoms with Crippen molar-refractivity contribution < 1.29 is 24.2 Å². The molecule has 3 rings (SSSR count). The number of benzene rings is 2. The number of aliphatic hydroxyl groups is 1. The summed E-state index contributed by atoms with van der Waals surface area (Å²) in [6.45, 7) is 4.66. The number of ketones is 1. The Morgan fingerprint density at radius 2 is 1.87 bits per heavy atom. The van der Waals surface area contributed by atoms with Gasteiger partial charge in [0.15, 0.2) is 0 Å². The second-order valence-electron chi connectivity index (χ2n) is 7.58. The maximum absolute atomic E-state index is 13.0. The molecule has 1 saturated heterocycles. The zero-order valence-electron chi connectivity index (χ0n) is 17.8. The molecule has 2 aromatic rings. The van der Waals surface area contributed by atoms with E-state index in [2.05, 4.69) is 15.9 Å². The fraction of sp³-hybridized carbons (Fsp3) is 0.333. The van der Waals surface area contributed by atoms with Crippen LogP contribution in [0.15, 0.2) is 58.6 Å². The molecule has 1 aliphatic heterocycles. The second kappa shape index (κ2) is 10.1. The SMILES string of the molecule is COCCCN1C(=O)C(=O)/C(=C(/O)c2ccc(OC(C)C)cc2)C1c1cccc(Br)c1. The average Bonchev–Trinajstić information content (AvgIpc) is 2.98. The van der Waals surface area contributed by atoms with Crippen molar-refractivity contribution in [1.29, 1.82) is 0 Å². The van der Waals surface area contributed by atoms with Crippen LogP contribution >= 0.6 is 15.9 Å². The van der Waals surface area contributed by atoms with Gasteiger partial charge in [0.05, 0.1) is 17.7 Å². The number of nitrogens with zero attached hydrogens (tertiary/aromatic N) is 1. The minimum absolute atomic E-state index is 0.0217. The number of Topliss-reactive ketones (excluding diaryl/α,β-unsaturated/α-hetero) is 1. The molecule has 7 heteroatoms. The van der Waals surface area contributed by atoms with E-state index in [-0.39, 0.29) is 17.4 Å². The molecular weight excluding hydrogens is 462 g/mol. The zero-order valence-corrected chi connectivity index (χ0v) is 19.4. The highest BCUT2D eigenvalue weighted by Gasteiger charge is 2.45. The summed E-state index contributed by atoms with van der Waals surface area (Å²) in [7, 11) is 1.59. The Morgan fingerprint density at radius 1 is 1.16 bits per heavy atom. The van der Waals surface area contributed by atoms with Gasteiger partial charge >= 0.3 is 0 Å². The van der Waals surface area contributed by atoms with E-state index in [4.69, 9.17) is 9.47 Å². The number of hydrogen-bond acceptors (Lipinski definition) is 5. The Balaban J connectivity index is 2.06. The number of halogens is 1. The van der Waals surface area contributed by atoms with Crippen LogP contribution in [0.4, 0.5) is 0 Å². The van der Waals surface area contributed by atoms with Gasteiger partial charge in [-0.25, -0.2) is 0 Å². The monoisotopic (exact) mass is 487 g/mol. The Labute approximate surface area is 190 Å². The molecule has 2 aromatic carbocycles. The fourth-order valence-electron chi connectivity index (χ4n) is 3.63. The summed E-state index contributed by atoms with van der Waals surface area (Å²) >= 11 is 3.45. The first-order chi connectivity index (χ1) is 14.8. The van der Waals surface area contributed by atoms with E-state index in [0.29, 0.717) is 30.9 Å². The average molecular weight is 488 g/mol. The van der Waals surface area contributed by atoms with Gasteiger partial charge < -0.3 is 19.5 Å².